The van der Waals surface area contributed by atoms with Crippen molar-refractivity contribution in [1.82, 2.24) is 0 Å². The standard InChI is InChI=1S/C14H22O/c1-4-6-12(3)11-13-7-9-14(10-8-13)15-5-2/h7-10,12H,4-6,11H2,1-3H3/t12-/m0/s1. The van der Waals surface area contributed by atoms with Gasteiger partial charge in [0.15, 0.2) is 0 Å². The average molecular weight is 206 g/mol. The average Bonchev–Trinajstić information content (AvgIpc) is 2.22. The van der Waals surface area contributed by atoms with Crippen LogP contribution in [-0.2, 0) is 6.42 Å². The van der Waals surface area contributed by atoms with Crippen LogP contribution in [0.2, 0.25) is 0 Å². The molecule has 0 bridgehead atoms. The van der Waals surface area contributed by atoms with E-state index in [2.05, 4.69) is 38.1 Å². The molecule has 0 aliphatic heterocycles. The summed E-state index contributed by atoms with van der Waals surface area (Å²) in [5.41, 5.74) is 1.42. The first-order chi connectivity index (χ1) is 7.26. The smallest absolute Gasteiger partial charge is 0.119 e. The van der Waals surface area contributed by atoms with Crippen molar-refractivity contribution in [2.24, 2.45) is 5.92 Å². The Balaban J connectivity index is 2.48. The third-order valence-electron chi connectivity index (χ3n) is 2.60. The van der Waals surface area contributed by atoms with Crippen LogP contribution in [0.15, 0.2) is 24.3 Å². The Labute approximate surface area is 93.5 Å². The summed E-state index contributed by atoms with van der Waals surface area (Å²) in [5, 5.41) is 0. The SMILES string of the molecule is CCC[C@H](C)Cc1ccc(OCC)cc1. The molecule has 1 heteroatoms. The molecule has 0 saturated heterocycles. The third-order valence-corrected chi connectivity index (χ3v) is 2.60. The molecule has 1 rings (SSSR count). The Morgan fingerprint density at radius 1 is 1.13 bits per heavy atom. The first-order valence-corrected chi connectivity index (χ1v) is 5.98. The highest BCUT2D eigenvalue weighted by molar-refractivity contribution is 5.27. The van der Waals surface area contributed by atoms with Gasteiger partial charge in [-0.15, -0.1) is 0 Å². The maximum absolute atomic E-state index is 5.41. The molecule has 1 atom stereocenters. The molecule has 1 nitrogen and oxygen atoms in total. The van der Waals surface area contributed by atoms with E-state index >= 15 is 0 Å². The molecule has 0 fully saturated rings. The summed E-state index contributed by atoms with van der Waals surface area (Å²) in [6.07, 6.45) is 3.77. The Morgan fingerprint density at radius 3 is 2.33 bits per heavy atom. The van der Waals surface area contributed by atoms with E-state index in [0.29, 0.717) is 0 Å². The molecule has 0 aliphatic rings. The van der Waals surface area contributed by atoms with Crippen LogP contribution in [-0.4, -0.2) is 6.61 Å². The molecular formula is C14H22O. The lowest BCUT2D eigenvalue weighted by molar-refractivity contribution is 0.340. The molecule has 84 valence electrons. The van der Waals surface area contributed by atoms with Crippen LogP contribution in [0.4, 0.5) is 0 Å². The van der Waals surface area contributed by atoms with Crippen molar-refractivity contribution in [3.63, 3.8) is 0 Å². The topological polar surface area (TPSA) is 9.23 Å². The van der Waals surface area contributed by atoms with Crippen LogP contribution in [0.5, 0.6) is 5.75 Å². The second-order valence-electron chi connectivity index (χ2n) is 4.17. The number of ether oxygens (including phenoxy) is 1. The van der Waals surface area contributed by atoms with Gasteiger partial charge in [0, 0.05) is 0 Å². The molecule has 0 saturated carbocycles. The first-order valence-electron chi connectivity index (χ1n) is 5.98. The zero-order valence-corrected chi connectivity index (χ0v) is 10.1. The molecule has 0 spiro atoms. The van der Waals surface area contributed by atoms with Crippen LogP contribution in [0.3, 0.4) is 0 Å². The van der Waals surface area contributed by atoms with E-state index in [1.165, 1.54) is 24.8 Å². The van der Waals surface area contributed by atoms with Crippen LogP contribution < -0.4 is 4.74 Å². The van der Waals surface area contributed by atoms with E-state index in [9.17, 15) is 0 Å². The lowest BCUT2D eigenvalue weighted by Crippen LogP contribution is -1.99. The van der Waals surface area contributed by atoms with Crippen LogP contribution >= 0.6 is 0 Å². The minimum Gasteiger partial charge on any atom is -0.494 e. The van der Waals surface area contributed by atoms with Crippen LogP contribution in [0, 0.1) is 5.92 Å². The summed E-state index contributed by atoms with van der Waals surface area (Å²) >= 11 is 0. The molecular weight excluding hydrogens is 184 g/mol. The van der Waals surface area contributed by atoms with E-state index in [1.807, 2.05) is 6.92 Å². The highest BCUT2D eigenvalue weighted by atomic mass is 16.5. The Kier molecular flexibility index (Phi) is 5.23. The van der Waals surface area contributed by atoms with Gasteiger partial charge in [-0.05, 0) is 37.0 Å². The molecule has 1 aromatic carbocycles. The summed E-state index contributed by atoms with van der Waals surface area (Å²) in [5.74, 6) is 1.76. The number of rotatable bonds is 6. The fraction of sp³-hybridized carbons (Fsp3) is 0.571. The highest BCUT2D eigenvalue weighted by Crippen LogP contribution is 2.17. The molecule has 0 N–H and O–H groups in total. The van der Waals surface area contributed by atoms with Crippen molar-refractivity contribution in [2.45, 2.75) is 40.0 Å². The van der Waals surface area contributed by atoms with Gasteiger partial charge in [0.1, 0.15) is 5.75 Å². The zero-order valence-electron chi connectivity index (χ0n) is 10.1. The van der Waals surface area contributed by atoms with E-state index in [4.69, 9.17) is 4.74 Å². The highest BCUT2D eigenvalue weighted by Gasteiger charge is 2.02. The molecule has 0 radical (unpaired) electrons. The predicted octanol–water partition coefficient (Wildman–Crippen LogP) is 4.06. The summed E-state index contributed by atoms with van der Waals surface area (Å²) in [6.45, 7) is 7.32. The van der Waals surface area contributed by atoms with Gasteiger partial charge in [-0.3, -0.25) is 0 Å². The lowest BCUT2D eigenvalue weighted by Gasteiger charge is -2.10. The van der Waals surface area contributed by atoms with Crippen LogP contribution in [0.25, 0.3) is 0 Å². The second-order valence-corrected chi connectivity index (χ2v) is 4.17. The molecule has 0 unspecified atom stereocenters. The first kappa shape index (κ1) is 12.1. The monoisotopic (exact) mass is 206 g/mol. The minimum atomic E-state index is 0.742. The van der Waals surface area contributed by atoms with Gasteiger partial charge in [0.25, 0.3) is 0 Å². The normalized spacial score (nSPS) is 12.5. The number of hydrogen-bond acceptors (Lipinski definition) is 1. The van der Waals surface area contributed by atoms with E-state index in [-0.39, 0.29) is 0 Å². The van der Waals surface area contributed by atoms with Gasteiger partial charge in [-0.25, -0.2) is 0 Å². The van der Waals surface area contributed by atoms with Gasteiger partial charge in [0.2, 0.25) is 0 Å². The third kappa shape index (κ3) is 4.37. The lowest BCUT2D eigenvalue weighted by atomic mass is 9.97. The summed E-state index contributed by atoms with van der Waals surface area (Å²) in [6, 6.07) is 8.49. The van der Waals surface area contributed by atoms with E-state index in [0.717, 1.165) is 18.3 Å². The van der Waals surface area contributed by atoms with Gasteiger partial charge >= 0.3 is 0 Å². The zero-order chi connectivity index (χ0) is 11.1. The van der Waals surface area contributed by atoms with E-state index in [1.54, 1.807) is 0 Å². The molecule has 15 heavy (non-hydrogen) atoms. The maximum atomic E-state index is 5.41. The fourth-order valence-electron chi connectivity index (χ4n) is 1.89. The number of hydrogen-bond donors (Lipinski definition) is 0. The summed E-state index contributed by atoms with van der Waals surface area (Å²) < 4.78 is 5.41. The number of benzene rings is 1. The Hall–Kier alpha value is -0.980. The van der Waals surface area contributed by atoms with Crippen molar-refractivity contribution < 1.29 is 4.74 Å². The molecule has 0 aliphatic carbocycles. The molecule has 0 amide bonds. The summed E-state index contributed by atoms with van der Waals surface area (Å²) in [7, 11) is 0. The Bertz CT molecular complexity index is 263. The summed E-state index contributed by atoms with van der Waals surface area (Å²) in [4.78, 5) is 0. The minimum absolute atomic E-state index is 0.742. The van der Waals surface area contributed by atoms with Crippen molar-refractivity contribution in [1.29, 1.82) is 0 Å². The maximum Gasteiger partial charge on any atom is 0.119 e. The van der Waals surface area contributed by atoms with Crippen molar-refractivity contribution in [3.8, 4) is 5.75 Å². The van der Waals surface area contributed by atoms with Crippen molar-refractivity contribution in [2.75, 3.05) is 6.61 Å². The molecule has 0 heterocycles. The van der Waals surface area contributed by atoms with Crippen molar-refractivity contribution in [3.05, 3.63) is 29.8 Å². The van der Waals surface area contributed by atoms with E-state index < -0.39 is 0 Å². The van der Waals surface area contributed by atoms with Gasteiger partial charge in [-0.1, -0.05) is 38.8 Å². The molecule has 1 aromatic rings. The van der Waals surface area contributed by atoms with Crippen molar-refractivity contribution >= 4 is 0 Å². The Morgan fingerprint density at radius 2 is 1.80 bits per heavy atom. The fourth-order valence-corrected chi connectivity index (χ4v) is 1.89. The second kappa shape index (κ2) is 6.49. The van der Waals surface area contributed by atoms with Gasteiger partial charge in [0.05, 0.1) is 6.61 Å². The quantitative estimate of drug-likeness (QED) is 0.682. The van der Waals surface area contributed by atoms with Gasteiger partial charge in [-0.2, -0.15) is 0 Å². The molecule has 0 aromatic heterocycles. The van der Waals surface area contributed by atoms with Gasteiger partial charge < -0.3 is 4.74 Å². The van der Waals surface area contributed by atoms with Crippen LogP contribution in [0.1, 0.15) is 39.2 Å². The predicted molar refractivity (Wildman–Crippen MR) is 65.4 cm³/mol. The largest absolute Gasteiger partial charge is 0.494 e.